The molecule has 1 aliphatic heterocycles. The van der Waals surface area contributed by atoms with Gasteiger partial charge in [-0.2, -0.15) is 0 Å². The molecule has 0 N–H and O–H groups in total. The monoisotopic (exact) mass is 170 g/mol. The van der Waals surface area contributed by atoms with E-state index in [1.807, 2.05) is 0 Å². The molecule has 0 aromatic rings. The van der Waals surface area contributed by atoms with E-state index in [-0.39, 0.29) is 5.97 Å². The highest BCUT2D eigenvalue weighted by molar-refractivity contribution is 5.69. The van der Waals surface area contributed by atoms with Crippen molar-refractivity contribution < 1.29 is 14.3 Å². The maximum atomic E-state index is 11.0. The van der Waals surface area contributed by atoms with Crippen LogP contribution in [0.25, 0.3) is 0 Å². The molecule has 0 unspecified atom stereocenters. The van der Waals surface area contributed by atoms with E-state index in [1.54, 1.807) is 0 Å². The number of methoxy groups -OCH3 is 1. The zero-order chi connectivity index (χ0) is 8.55. The fraction of sp³-hybridized carbons (Fsp3) is 0.889. The van der Waals surface area contributed by atoms with Crippen LogP contribution in [-0.2, 0) is 14.3 Å². The Morgan fingerprint density at radius 3 is 3.17 bits per heavy atom. The lowest BCUT2D eigenvalue weighted by Gasteiger charge is -2.16. The van der Waals surface area contributed by atoms with Gasteiger partial charge in [-0.25, -0.2) is 0 Å². The normalized spacial score (nSPS) is 38.6. The molecular formula is C9H14O3. The van der Waals surface area contributed by atoms with Crippen LogP contribution >= 0.6 is 0 Å². The predicted octanol–water partition coefficient (Wildman–Crippen LogP) is 1.12. The fourth-order valence-electron chi connectivity index (χ4n) is 2.06. The Labute approximate surface area is 72.0 Å². The first-order valence-corrected chi connectivity index (χ1v) is 4.53. The summed E-state index contributed by atoms with van der Waals surface area (Å²) >= 11 is 0. The third-order valence-electron chi connectivity index (χ3n) is 2.81. The molecule has 3 atom stereocenters. The fourth-order valence-corrected chi connectivity index (χ4v) is 2.06. The second-order valence-corrected chi connectivity index (χ2v) is 3.61. The Morgan fingerprint density at radius 1 is 1.58 bits per heavy atom. The molecule has 3 nitrogen and oxygen atoms in total. The molecule has 1 saturated carbocycles. The van der Waals surface area contributed by atoms with Gasteiger partial charge in [-0.3, -0.25) is 4.79 Å². The Hall–Kier alpha value is -0.570. The molecule has 12 heavy (non-hydrogen) atoms. The number of carbonyl (C=O) groups is 1. The summed E-state index contributed by atoms with van der Waals surface area (Å²) in [6.45, 7) is 0. The van der Waals surface area contributed by atoms with E-state index in [4.69, 9.17) is 4.74 Å². The number of hydrogen-bond donors (Lipinski definition) is 0. The third kappa shape index (κ3) is 1.46. The van der Waals surface area contributed by atoms with Gasteiger partial charge in [-0.05, 0) is 18.8 Å². The Balaban J connectivity index is 1.83. The van der Waals surface area contributed by atoms with E-state index in [2.05, 4.69) is 4.74 Å². The number of epoxide rings is 1. The van der Waals surface area contributed by atoms with Gasteiger partial charge >= 0.3 is 5.97 Å². The van der Waals surface area contributed by atoms with Gasteiger partial charge < -0.3 is 9.47 Å². The average molecular weight is 170 g/mol. The number of esters is 1. The summed E-state index contributed by atoms with van der Waals surface area (Å²) < 4.78 is 10.1. The Kier molecular flexibility index (Phi) is 2.05. The SMILES string of the molecule is COC(=O)C[C@@H]1CCC[C@H]2O[C@@H]12. The van der Waals surface area contributed by atoms with Gasteiger partial charge in [0.2, 0.25) is 0 Å². The molecule has 3 heteroatoms. The second kappa shape index (κ2) is 3.05. The third-order valence-corrected chi connectivity index (χ3v) is 2.81. The molecule has 2 rings (SSSR count). The predicted molar refractivity (Wildman–Crippen MR) is 42.6 cm³/mol. The summed E-state index contributed by atoms with van der Waals surface area (Å²) in [6, 6.07) is 0. The first-order valence-electron chi connectivity index (χ1n) is 4.53. The summed E-state index contributed by atoms with van der Waals surface area (Å²) in [6.07, 6.45) is 4.88. The van der Waals surface area contributed by atoms with Gasteiger partial charge in [-0.1, -0.05) is 6.42 Å². The highest BCUT2D eigenvalue weighted by Gasteiger charge is 2.47. The standard InChI is InChI=1S/C9H14O3/c1-11-8(10)5-6-3-2-4-7-9(6)12-7/h6-7,9H,2-5H2,1H3/t6-,7+,9-/m0/s1. The summed E-state index contributed by atoms with van der Waals surface area (Å²) in [7, 11) is 1.44. The van der Waals surface area contributed by atoms with Crippen LogP contribution in [0.3, 0.4) is 0 Å². The lowest BCUT2D eigenvalue weighted by atomic mass is 9.87. The van der Waals surface area contributed by atoms with Crippen molar-refractivity contribution in [3.8, 4) is 0 Å². The molecule has 0 bridgehead atoms. The van der Waals surface area contributed by atoms with Gasteiger partial charge in [0.05, 0.1) is 25.7 Å². The van der Waals surface area contributed by atoms with E-state index in [0.717, 1.165) is 6.42 Å². The Morgan fingerprint density at radius 2 is 2.42 bits per heavy atom. The zero-order valence-corrected chi connectivity index (χ0v) is 7.29. The first kappa shape index (κ1) is 8.05. The Bertz CT molecular complexity index is 190. The molecule has 0 amide bonds. The van der Waals surface area contributed by atoms with Crippen molar-refractivity contribution in [2.45, 2.75) is 37.9 Å². The molecule has 68 valence electrons. The minimum absolute atomic E-state index is 0.101. The van der Waals surface area contributed by atoms with E-state index in [9.17, 15) is 4.79 Å². The smallest absolute Gasteiger partial charge is 0.305 e. The van der Waals surface area contributed by atoms with Crippen LogP contribution in [0.15, 0.2) is 0 Å². The number of carbonyl (C=O) groups excluding carboxylic acids is 1. The summed E-state index contributed by atoms with van der Waals surface area (Å²) in [5, 5.41) is 0. The largest absolute Gasteiger partial charge is 0.469 e. The molecule has 2 aliphatic rings. The molecular weight excluding hydrogens is 156 g/mol. The highest BCUT2D eigenvalue weighted by Crippen LogP contribution is 2.42. The van der Waals surface area contributed by atoms with Crippen LogP contribution in [0, 0.1) is 5.92 Å². The summed E-state index contributed by atoms with van der Waals surface area (Å²) in [5.74, 6) is 0.326. The van der Waals surface area contributed by atoms with Crippen molar-refractivity contribution in [1.82, 2.24) is 0 Å². The topological polar surface area (TPSA) is 38.8 Å². The van der Waals surface area contributed by atoms with E-state index < -0.39 is 0 Å². The summed E-state index contributed by atoms with van der Waals surface area (Å²) in [4.78, 5) is 11.0. The molecule has 1 heterocycles. The number of ether oxygens (including phenoxy) is 2. The minimum atomic E-state index is -0.101. The molecule has 2 fully saturated rings. The minimum Gasteiger partial charge on any atom is -0.469 e. The molecule has 1 saturated heterocycles. The van der Waals surface area contributed by atoms with Gasteiger partial charge in [0.15, 0.2) is 0 Å². The molecule has 1 aliphatic carbocycles. The van der Waals surface area contributed by atoms with Crippen molar-refractivity contribution in [3.63, 3.8) is 0 Å². The van der Waals surface area contributed by atoms with E-state index in [0.29, 0.717) is 24.5 Å². The second-order valence-electron chi connectivity index (χ2n) is 3.61. The van der Waals surface area contributed by atoms with Crippen molar-refractivity contribution >= 4 is 5.97 Å². The number of hydrogen-bond acceptors (Lipinski definition) is 3. The van der Waals surface area contributed by atoms with Crippen molar-refractivity contribution in [1.29, 1.82) is 0 Å². The summed E-state index contributed by atoms with van der Waals surface area (Å²) in [5.41, 5.74) is 0. The van der Waals surface area contributed by atoms with Crippen LogP contribution in [0.2, 0.25) is 0 Å². The average Bonchev–Trinajstić information content (AvgIpc) is 2.84. The highest BCUT2D eigenvalue weighted by atomic mass is 16.6. The first-order chi connectivity index (χ1) is 5.81. The van der Waals surface area contributed by atoms with Crippen LogP contribution in [0.1, 0.15) is 25.7 Å². The quantitative estimate of drug-likeness (QED) is 0.460. The molecule has 0 radical (unpaired) electrons. The van der Waals surface area contributed by atoms with Gasteiger partial charge in [0.25, 0.3) is 0 Å². The van der Waals surface area contributed by atoms with Crippen LogP contribution in [0.5, 0.6) is 0 Å². The van der Waals surface area contributed by atoms with Crippen LogP contribution < -0.4 is 0 Å². The lowest BCUT2D eigenvalue weighted by molar-refractivity contribution is -0.142. The van der Waals surface area contributed by atoms with Crippen LogP contribution in [0.4, 0.5) is 0 Å². The molecule has 0 aromatic heterocycles. The van der Waals surface area contributed by atoms with Gasteiger partial charge in [0, 0.05) is 0 Å². The number of fused-ring (bicyclic) bond motifs is 1. The lowest BCUT2D eigenvalue weighted by Crippen LogP contribution is -2.20. The van der Waals surface area contributed by atoms with Crippen molar-refractivity contribution in [3.05, 3.63) is 0 Å². The number of rotatable bonds is 2. The molecule has 0 aromatic carbocycles. The van der Waals surface area contributed by atoms with E-state index >= 15 is 0 Å². The van der Waals surface area contributed by atoms with Crippen LogP contribution in [-0.4, -0.2) is 25.3 Å². The van der Waals surface area contributed by atoms with Crippen molar-refractivity contribution in [2.24, 2.45) is 5.92 Å². The van der Waals surface area contributed by atoms with Gasteiger partial charge in [0.1, 0.15) is 0 Å². The van der Waals surface area contributed by atoms with Crippen molar-refractivity contribution in [2.75, 3.05) is 7.11 Å². The maximum absolute atomic E-state index is 11.0. The molecule has 0 spiro atoms. The van der Waals surface area contributed by atoms with E-state index in [1.165, 1.54) is 20.0 Å². The van der Waals surface area contributed by atoms with Gasteiger partial charge in [-0.15, -0.1) is 0 Å². The maximum Gasteiger partial charge on any atom is 0.305 e. The zero-order valence-electron chi connectivity index (χ0n) is 7.29.